The van der Waals surface area contributed by atoms with Crippen molar-refractivity contribution in [3.05, 3.63) is 41.0 Å². The van der Waals surface area contributed by atoms with E-state index in [4.69, 9.17) is 26.8 Å². The summed E-state index contributed by atoms with van der Waals surface area (Å²) < 4.78 is 10.8. The van der Waals surface area contributed by atoms with Crippen molar-refractivity contribution in [3.8, 4) is 5.75 Å². The zero-order valence-electron chi connectivity index (χ0n) is 13.6. The molecule has 1 aromatic carbocycles. The lowest BCUT2D eigenvalue weighted by atomic mass is 9.74. The number of aromatic nitrogens is 2. The third kappa shape index (κ3) is 3.71. The molecule has 6 nitrogen and oxygen atoms in total. The molecule has 1 aliphatic heterocycles. The number of nitrogens with zero attached hydrogens (tertiary/aromatic N) is 2. The SMILES string of the molecule is COc1ccc(C2(CNc3cc(Cl)nc(N)n3)CCOCC2)cc1. The van der Waals surface area contributed by atoms with Crippen molar-refractivity contribution in [3.63, 3.8) is 0 Å². The molecule has 7 heteroatoms. The number of hydrogen-bond acceptors (Lipinski definition) is 6. The number of anilines is 2. The molecular formula is C17H21ClN4O2. The van der Waals surface area contributed by atoms with Gasteiger partial charge in [-0.2, -0.15) is 4.98 Å². The Hall–Kier alpha value is -2.05. The van der Waals surface area contributed by atoms with Gasteiger partial charge < -0.3 is 20.5 Å². The fourth-order valence-electron chi connectivity index (χ4n) is 3.06. The molecule has 0 amide bonds. The van der Waals surface area contributed by atoms with Crippen LogP contribution in [0.4, 0.5) is 11.8 Å². The van der Waals surface area contributed by atoms with Crippen molar-refractivity contribution < 1.29 is 9.47 Å². The number of nitrogens with two attached hydrogens (primary N) is 1. The van der Waals surface area contributed by atoms with Gasteiger partial charge >= 0.3 is 0 Å². The van der Waals surface area contributed by atoms with Gasteiger partial charge in [-0.3, -0.25) is 0 Å². The quantitative estimate of drug-likeness (QED) is 0.808. The van der Waals surface area contributed by atoms with Gasteiger partial charge in [0.1, 0.15) is 16.7 Å². The van der Waals surface area contributed by atoms with Gasteiger partial charge in [0.25, 0.3) is 0 Å². The van der Waals surface area contributed by atoms with Gasteiger partial charge in [-0.1, -0.05) is 23.7 Å². The summed E-state index contributed by atoms with van der Waals surface area (Å²) in [4.78, 5) is 8.07. The van der Waals surface area contributed by atoms with E-state index in [2.05, 4.69) is 27.4 Å². The Balaban J connectivity index is 1.82. The van der Waals surface area contributed by atoms with Crippen molar-refractivity contribution in [2.24, 2.45) is 0 Å². The van der Waals surface area contributed by atoms with Gasteiger partial charge in [-0.05, 0) is 30.5 Å². The monoisotopic (exact) mass is 348 g/mol. The predicted molar refractivity (Wildman–Crippen MR) is 94.7 cm³/mol. The number of methoxy groups -OCH3 is 1. The van der Waals surface area contributed by atoms with Gasteiger partial charge in [-0.15, -0.1) is 0 Å². The van der Waals surface area contributed by atoms with E-state index < -0.39 is 0 Å². The summed E-state index contributed by atoms with van der Waals surface area (Å²) in [7, 11) is 1.67. The predicted octanol–water partition coefficient (Wildman–Crippen LogP) is 2.88. The van der Waals surface area contributed by atoms with Crippen LogP contribution < -0.4 is 15.8 Å². The Morgan fingerprint density at radius 1 is 1.25 bits per heavy atom. The maximum absolute atomic E-state index is 5.95. The summed E-state index contributed by atoms with van der Waals surface area (Å²) >= 11 is 5.95. The number of hydrogen-bond donors (Lipinski definition) is 2. The van der Waals surface area contributed by atoms with Crippen LogP contribution >= 0.6 is 11.6 Å². The first-order chi connectivity index (χ1) is 11.6. The van der Waals surface area contributed by atoms with Crippen LogP contribution in [0.2, 0.25) is 5.15 Å². The zero-order chi connectivity index (χ0) is 17.0. The highest BCUT2D eigenvalue weighted by molar-refractivity contribution is 6.29. The van der Waals surface area contributed by atoms with Crippen molar-refractivity contribution in [2.75, 3.05) is 37.9 Å². The second-order valence-corrected chi connectivity index (χ2v) is 6.30. The van der Waals surface area contributed by atoms with Crippen LogP contribution in [-0.4, -0.2) is 36.8 Å². The minimum absolute atomic E-state index is 0.0310. The molecular weight excluding hydrogens is 328 g/mol. The van der Waals surface area contributed by atoms with Crippen LogP contribution in [0.3, 0.4) is 0 Å². The van der Waals surface area contributed by atoms with Crippen LogP contribution in [0.25, 0.3) is 0 Å². The Morgan fingerprint density at radius 2 is 1.96 bits per heavy atom. The molecule has 1 fully saturated rings. The molecule has 2 aromatic rings. The molecule has 0 radical (unpaired) electrons. The number of benzene rings is 1. The highest BCUT2D eigenvalue weighted by Gasteiger charge is 2.34. The van der Waals surface area contributed by atoms with E-state index in [1.807, 2.05) is 12.1 Å². The van der Waals surface area contributed by atoms with E-state index in [9.17, 15) is 0 Å². The topological polar surface area (TPSA) is 82.3 Å². The van der Waals surface area contributed by atoms with Crippen LogP contribution in [0.1, 0.15) is 18.4 Å². The summed E-state index contributed by atoms with van der Waals surface area (Å²) in [5.41, 5.74) is 6.89. The standard InChI is InChI=1S/C17H21ClN4O2/c1-23-13-4-2-12(3-5-13)17(6-8-24-9-7-17)11-20-15-10-14(18)21-16(19)22-15/h2-5,10H,6-9,11H2,1H3,(H3,19,20,21,22). The lowest BCUT2D eigenvalue weighted by Crippen LogP contribution is -2.40. The van der Waals surface area contributed by atoms with E-state index in [1.165, 1.54) is 5.56 Å². The van der Waals surface area contributed by atoms with Crippen molar-refractivity contribution in [1.29, 1.82) is 0 Å². The molecule has 128 valence electrons. The second-order valence-electron chi connectivity index (χ2n) is 5.91. The second kappa shape index (κ2) is 7.23. The molecule has 0 bridgehead atoms. The third-order valence-corrected chi connectivity index (χ3v) is 4.67. The van der Waals surface area contributed by atoms with Gasteiger partial charge in [-0.25, -0.2) is 4.98 Å². The van der Waals surface area contributed by atoms with E-state index in [-0.39, 0.29) is 11.4 Å². The molecule has 2 heterocycles. The molecule has 0 unspecified atom stereocenters. The number of nitrogen functional groups attached to an aromatic ring is 1. The maximum atomic E-state index is 5.95. The van der Waals surface area contributed by atoms with Gasteiger partial charge in [0.15, 0.2) is 0 Å². The van der Waals surface area contributed by atoms with E-state index in [0.29, 0.717) is 11.0 Å². The molecule has 24 heavy (non-hydrogen) atoms. The van der Waals surface area contributed by atoms with Crippen molar-refractivity contribution in [1.82, 2.24) is 9.97 Å². The molecule has 1 aliphatic rings. The van der Waals surface area contributed by atoms with Gasteiger partial charge in [0, 0.05) is 31.2 Å². The first-order valence-corrected chi connectivity index (χ1v) is 8.25. The average molecular weight is 349 g/mol. The van der Waals surface area contributed by atoms with Gasteiger partial charge in [0.2, 0.25) is 5.95 Å². The molecule has 3 N–H and O–H groups in total. The first kappa shape index (κ1) is 16.8. The highest BCUT2D eigenvalue weighted by atomic mass is 35.5. The average Bonchev–Trinajstić information content (AvgIpc) is 2.60. The minimum atomic E-state index is -0.0310. The Kier molecular flexibility index (Phi) is 5.06. The largest absolute Gasteiger partial charge is 0.497 e. The maximum Gasteiger partial charge on any atom is 0.223 e. The van der Waals surface area contributed by atoms with Crippen molar-refractivity contribution >= 4 is 23.4 Å². The molecule has 0 spiro atoms. The first-order valence-electron chi connectivity index (χ1n) is 7.87. The van der Waals surface area contributed by atoms with Crippen LogP contribution in [0, 0.1) is 0 Å². The number of ether oxygens (including phenoxy) is 2. The van der Waals surface area contributed by atoms with Crippen LogP contribution in [0.5, 0.6) is 5.75 Å². The molecule has 3 rings (SSSR count). The Bertz CT molecular complexity index is 667. The third-order valence-electron chi connectivity index (χ3n) is 4.47. The summed E-state index contributed by atoms with van der Waals surface area (Å²) in [6.07, 6.45) is 1.86. The Labute approximate surface area is 146 Å². The molecule has 1 saturated heterocycles. The van der Waals surface area contributed by atoms with Gasteiger partial charge in [0.05, 0.1) is 7.11 Å². The minimum Gasteiger partial charge on any atom is -0.497 e. The fraction of sp³-hybridized carbons (Fsp3) is 0.412. The Morgan fingerprint density at radius 3 is 2.58 bits per heavy atom. The lowest BCUT2D eigenvalue weighted by Gasteiger charge is -2.38. The molecule has 0 saturated carbocycles. The summed E-state index contributed by atoms with van der Waals surface area (Å²) in [6, 6.07) is 9.90. The number of rotatable bonds is 5. The smallest absolute Gasteiger partial charge is 0.223 e. The summed E-state index contributed by atoms with van der Waals surface area (Å²) in [5.74, 6) is 1.65. The van der Waals surface area contributed by atoms with Crippen LogP contribution in [0.15, 0.2) is 30.3 Å². The zero-order valence-corrected chi connectivity index (χ0v) is 14.3. The highest BCUT2D eigenvalue weighted by Crippen LogP contribution is 2.36. The molecule has 0 aliphatic carbocycles. The van der Waals surface area contributed by atoms with E-state index in [1.54, 1.807) is 13.2 Å². The summed E-state index contributed by atoms with van der Waals surface area (Å²) in [6.45, 7) is 2.19. The van der Waals surface area contributed by atoms with Crippen LogP contribution in [-0.2, 0) is 10.2 Å². The fourth-order valence-corrected chi connectivity index (χ4v) is 3.25. The van der Waals surface area contributed by atoms with E-state index >= 15 is 0 Å². The normalized spacial score (nSPS) is 16.6. The number of nitrogens with one attached hydrogen (secondary N) is 1. The molecule has 1 aromatic heterocycles. The summed E-state index contributed by atoms with van der Waals surface area (Å²) in [5, 5.41) is 3.69. The lowest BCUT2D eigenvalue weighted by molar-refractivity contribution is 0.0543. The number of halogens is 1. The van der Waals surface area contributed by atoms with Crippen molar-refractivity contribution in [2.45, 2.75) is 18.3 Å². The van der Waals surface area contributed by atoms with E-state index in [0.717, 1.165) is 38.3 Å². The molecule has 0 atom stereocenters.